The highest BCUT2D eigenvalue weighted by atomic mass is 127. The Bertz CT molecular complexity index is 619. The van der Waals surface area contributed by atoms with Gasteiger partial charge in [-0.15, -0.1) is 0 Å². The molecular formula is C15H13BrClIO2. The van der Waals surface area contributed by atoms with Crippen LogP contribution in [0.15, 0.2) is 36.4 Å². The second-order valence-electron chi connectivity index (χ2n) is 4.15. The van der Waals surface area contributed by atoms with Gasteiger partial charge in [0.05, 0.1) is 24.1 Å². The van der Waals surface area contributed by atoms with Crippen LogP contribution in [0.1, 0.15) is 16.0 Å². The first-order chi connectivity index (χ1) is 9.56. The van der Waals surface area contributed by atoms with Gasteiger partial charge in [0.25, 0.3) is 0 Å². The average Bonchev–Trinajstić information content (AvgIpc) is 2.48. The number of alkyl halides is 1. The molecule has 0 heterocycles. The van der Waals surface area contributed by atoms with Crippen molar-refractivity contribution < 1.29 is 9.47 Å². The normalized spacial score (nSPS) is 12.1. The van der Waals surface area contributed by atoms with Gasteiger partial charge < -0.3 is 9.47 Å². The predicted octanol–water partition coefficient (Wildman–Crippen LogP) is 5.45. The molecule has 0 aliphatic heterocycles. The van der Waals surface area contributed by atoms with Gasteiger partial charge >= 0.3 is 0 Å². The Labute approximate surface area is 145 Å². The molecule has 0 N–H and O–H groups in total. The molecule has 0 aliphatic carbocycles. The van der Waals surface area contributed by atoms with Crippen molar-refractivity contribution in [2.75, 3.05) is 14.2 Å². The largest absolute Gasteiger partial charge is 0.493 e. The Kier molecular flexibility index (Phi) is 5.57. The molecular weight excluding hydrogens is 454 g/mol. The van der Waals surface area contributed by atoms with Gasteiger partial charge in [0.1, 0.15) is 0 Å². The summed E-state index contributed by atoms with van der Waals surface area (Å²) in [5.41, 5.74) is 2.18. The Morgan fingerprint density at radius 3 is 2.20 bits per heavy atom. The van der Waals surface area contributed by atoms with Gasteiger partial charge in [-0.3, -0.25) is 0 Å². The summed E-state index contributed by atoms with van der Waals surface area (Å²) in [6.45, 7) is 0. The second kappa shape index (κ2) is 7.00. The van der Waals surface area contributed by atoms with E-state index in [1.807, 2.05) is 30.3 Å². The van der Waals surface area contributed by atoms with Gasteiger partial charge in [0.15, 0.2) is 11.5 Å². The first-order valence-corrected chi connectivity index (χ1v) is 8.25. The van der Waals surface area contributed by atoms with Crippen LogP contribution >= 0.6 is 50.1 Å². The van der Waals surface area contributed by atoms with Crippen LogP contribution in [-0.4, -0.2) is 14.2 Å². The number of benzene rings is 2. The van der Waals surface area contributed by atoms with Crippen LogP contribution in [0, 0.1) is 3.57 Å². The third-order valence-electron chi connectivity index (χ3n) is 2.94. The smallest absolute Gasteiger partial charge is 0.161 e. The van der Waals surface area contributed by atoms with Crippen LogP contribution < -0.4 is 9.47 Å². The monoisotopic (exact) mass is 466 g/mol. The summed E-state index contributed by atoms with van der Waals surface area (Å²) in [5, 5.41) is 0.757. The van der Waals surface area contributed by atoms with E-state index in [0.717, 1.165) is 25.5 Å². The second-order valence-corrected chi connectivity index (χ2v) is 6.64. The number of methoxy groups -OCH3 is 2. The Morgan fingerprint density at radius 1 is 1.00 bits per heavy atom. The minimum Gasteiger partial charge on any atom is -0.493 e. The first kappa shape index (κ1) is 15.9. The molecule has 20 heavy (non-hydrogen) atoms. The van der Waals surface area contributed by atoms with Crippen LogP contribution in [0.3, 0.4) is 0 Å². The van der Waals surface area contributed by atoms with Crippen molar-refractivity contribution in [1.82, 2.24) is 0 Å². The Morgan fingerprint density at radius 2 is 1.60 bits per heavy atom. The van der Waals surface area contributed by atoms with Gasteiger partial charge in [-0.1, -0.05) is 39.7 Å². The Balaban J connectivity index is 2.37. The summed E-state index contributed by atoms with van der Waals surface area (Å²) in [6.07, 6.45) is 0. The topological polar surface area (TPSA) is 18.5 Å². The van der Waals surface area contributed by atoms with Gasteiger partial charge in [-0.2, -0.15) is 0 Å². The van der Waals surface area contributed by atoms with E-state index in [1.165, 1.54) is 0 Å². The van der Waals surface area contributed by atoms with E-state index < -0.39 is 0 Å². The molecule has 0 spiro atoms. The third-order valence-corrected chi connectivity index (χ3v) is 5.57. The van der Waals surface area contributed by atoms with E-state index in [2.05, 4.69) is 44.6 Å². The van der Waals surface area contributed by atoms with Crippen LogP contribution in [0.5, 0.6) is 11.5 Å². The van der Waals surface area contributed by atoms with Crippen molar-refractivity contribution in [3.63, 3.8) is 0 Å². The summed E-state index contributed by atoms with van der Waals surface area (Å²) in [4.78, 5) is 0.0526. The first-order valence-electron chi connectivity index (χ1n) is 5.87. The maximum atomic E-state index is 6.18. The van der Waals surface area contributed by atoms with Gasteiger partial charge in [0.2, 0.25) is 0 Å². The maximum absolute atomic E-state index is 6.18. The lowest BCUT2D eigenvalue weighted by Crippen LogP contribution is -1.96. The van der Waals surface area contributed by atoms with Crippen LogP contribution in [0.2, 0.25) is 5.02 Å². The highest BCUT2D eigenvalue weighted by molar-refractivity contribution is 14.1. The number of hydrogen-bond donors (Lipinski definition) is 0. The molecule has 0 radical (unpaired) electrons. The van der Waals surface area contributed by atoms with Crippen molar-refractivity contribution in [3.05, 3.63) is 56.1 Å². The minimum atomic E-state index is 0.0526. The average molecular weight is 468 g/mol. The molecule has 5 heteroatoms. The lowest BCUT2D eigenvalue weighted by atomic mass is 10.0. The molecule has 2 nitrogen and oxygen atoms in total. The van der Waals surface area contributed by atoms with E-state index in [9.17, 15) is 0 Å². The molecule has 2 rings (SSSR count). The molecule has 0 aliphatic rings. The third kappa shape index (κ3) is 3.40. The number of ether oxygens (including phenoxy) is 2. The van der Waals surface area contributed by atoms with E-state index in [4.69, 9.17) is 21.1 Å². The molecule has 2 aromatic carbocycles. The molecule has 0 saturated heterocycles. The van der Waals surface area contributed by atoms with E-state index >= 15 is 0 Å². The fraction of sp³-hybridized carbons (Fsp3) is 0.200. The summed E-state index contributed by atoms with van der Waals surface area (Å²) >= 11 is 12.1. The number of rotatable bonds is 4. The van der Waals surface area contributed by atoms with Crippen LogP contribution in [0.25, 0.3) is 0 Å². The molecule has 0 fully saturated rings. The fourth-order valence-corrected chi connectivity index (χ4v) is 2.97. The Hall–Kier alpha value is -0.460. The standard InChI is InChI=1S/C15H13BrClIO2/c1-19-13-6-4-10(8-14(13)20-2)15(16)9-3-5-12(18)11(17)7-9/h3-8,15H,1-2H3. The molecule has 0 aromatic heterocycles. The van der Waals surface area contributed by atoms with E-state index in [1.54, 1.807) is 14.2 Å². The quantitative estimate of drug-likeness (QED) is 0.440. The molecule has 0 bridgehead atoms. The number of hydrogen-bond acceptors (Lipinski definition) is 2. The van der Waals surface area contributed by atoms with E-state index in [0.29, 0.717) is 5.75 Å². The molecule has 0 saturated carbocycles. The maximum Gasteiger partial charge on any atom is 0.161 e. The summed E-state index contributed by atoms with van der Waals surface area (Å²) < 4.78 is 11.6. The van der Waals surface area contributed by atoms with Gasteiger partial charge in [-0.25, -0.2) is 0 Å². The lowest BCUT2D eigenvalue weighted by molar-refractivity contribution is 0.354. The highest BCUT2D eigenvalue weighted by Crippen LogP contribution is 2.37. The molecule has 1 unspecified atom stereocenters. The summed E-state index contributed by atoms with van der Waals surface area (Å²) in [6, 6.07) is 11.9. The lowest BCUT2D eigenvalue weighted by Gasteiger charge is -2.14. The molecule has 2 aromatic rings. The van der Waals surface area contributed by atoms with Crippen molar-refractivity contribution in [3.8, 4) is 11.5 Å². The fourth-order valence-electron chi connectivity index (χ4n) is 1.87. The molecule has 106 valence electrons. The van der Waals surface area contributed by atoms with Crippen molar-refractivity contribution in [2.45, 2.75) is 4.83 Å². The zero-order chi connectivity index (χ0) is 14.7. The zero-order valence-corrected chi connectivity index (χ0v) is 15.5. The zero-order valence-electron chi connectivity index (χ0n) is 11.0. The van der Waals surface area contributed by atoms with Gasteiger partial charge in [0, 0.05) is 3.57 Å². The predicted molar refractivity (Wildman–Crippen MR) is 94.5 cm³/mol. The van der Waals surface area contributed by atoms with Crippen molar-refractivity contribution in [2.24, 2.45) is 0 Å². The molecule has 0 amide bonds. The highest BCUT2D eigenvalue weighted by Gasteiger charge is 2.14. The summed E-state index contributed by atoms with van der Waals surface area (Å²) in [7, 11) is 3.26. The van der Waals surface area contributed by atoms with Gasteiger partial charge in [-0.05, 0) is 58.0 Å². The van der Waals surface area contributed by atoms with Crippen LogP contribution in [0.4, 0.5) is 0 Å². The number of halogens is 3. The van der Waals surface area contributed by atoms with Crippen LogP contribution in [-0.2, 0) is 0 Å². The van der Waals surface area contributed by atoms with Crippen molar-refractivity contribution >= 4 is 50.1 Å². The summed E-state index contributed by atoms with van der Waals surface area (Å²) in [5.74, 6) is 1.43. The van der Waals surface area contributed by atoms with E-state index in [-0.39, 0.29) is 4.83 Å². The minimum absolute atomic E-state index is 0.0526. The SMILES string of the molecule is COc1ccc(C(Br)c2ccc(I)c(Cl)c2)cc1OC. The molecule has 1 atom stereocenters. The van der Waals surface area contributed by atoms with Crippen molar-refractivity contribution in [1.29, 1.82) is 0 Å².